The first kappa shape index (κ1) is 15.8. The van der Waals surface area contributed by atoms with Crippen LogP contribution in [-0.4, -0.2) is 24.0 Å². The van der Waals surface area contributed by atoms with Crippen molar-refractivity contribution in [2.45, 2.75) is 13.3 Å². The molecule has 0 unspecified atom stereocenters. The summed E-state index contributed by atoms with van der Waals surface area (Å²) in [4.78, 5) is 27.0. The first-order chi connectivity index (χ1) is 11.5. The van der Waals surface area contributed by atoms with E-state index in [4.69, 9.17) is 0 Å². The van der Waals surface area contributed by atoms with E-state index in [1.165, 1.54) is 7.11 Å². The minimum absolute atomic E-state index is 0.136. The van der Waals surface area contributed by atoms with Gasteiger partial charge in [-0.25, -0.2) is 4.79 Å². The fraction of sp³-hybridized carbons (Fsp3) is 0.158. The lowest BCUT2D eigenvalue weighted by atomic mass is 10.1. The molecule has 3 rings (SSSR count). The number of fused-ring (bicyclic) bond motifs is 1. The molecule has 0 spiro atoms. The molecule has 0 radical (unpaired) electrons. The second-order valence-electron chi connectivity index (χ2n) is 5.67. The van der Waals surface area contributed by atoms with E-state index >= 15 is 0 Å². The number of hydrogen-bond acceptors (Lipinski definition) is 3. The number of aromatic nitrogens is 1. The zero-order chi connectivity index (χ0) is 17.1. The van der Waals surface area contributed by atoms with Crippen LogP contribution in [0.3, 0.4) is 0 Å². The van der Waals surface area contributed by atoms with Gasteiger partial charge in [0, 0.05) is 16.9 Å². The van der Waals surface area contributed by atoms with E-state index in [0.29, 0.717) is 11.3 Å². The number of nitrogens with one attached hydrogen (secondary N) is 2. The van der Waals surface area contributed by atoms with Gasteiger partial charge in [0.05, 0.1) is 19.1 Å². The van der Waals surface area contributed by atoms with Crippen LogP contribution in [0.2, 0.25) is 0 Å². The van der Waals surface area contributed by atoms with Gasteiger partial charge in [-0.15, -0.1) is 0 Å². The summed E-state index contributed by atoms with van der Waals surface area (Å²) in [6.45, 7) is 2.00. The molecule has 5 nitrogen and oxygen atoms in total. The Kier molecular flexibility index (Phi) is 4.33. The van der Waals surface area contributed by atoms with Crippen LogP contribution in [0.1, 0.15) is 21.6 Å². The van der Waals surface area contributed by atoms with Crippen molar-refractivity contribution in [3.63, 3.8) is 0 Å². The van der Waals surface area contributed by atoms with Gasteiger partial charge in [0.2, 0.25) is 5.91 Å². The third-order valence-electron chi connectivity index (χ3n) is 3.75. The number of methoxy groups -OCH3 is 1. The number of anilines is 1. The minimum Gasteiger partial charge on any atom is -0.465 e. The van der Waals surface area contributed by atoms with Gasteiger partial charge in [-0.3, -0.25) is 4.79 Å². The van der Waals surface area contributed by atoms with Gasteiger partial charge >= 0.3 is 5.97 Å². The van der Waals surface area contributed by atoms with Crippen molar-refractivity contribution in [2.75, 3.05) is 12.4 Å². The summed E-state index contributed by atoms with van der Waals surface area (Å²) in [5, 5.41) is 3.90. The number of amides is 1. The highest BCUT2D eigenvalue weighted by Crippen LogP contribution is 2.18. The Balaban J connectivity index is 1.71. The van der Waals surface area contributed by atoms with Crippen molar-refractivity contribution in [2.24, 2.45) is 0 Å². The molecule has 122 valence electrons. The van der Waals surface area contributed by atoms with Crippen LogP contribution in [0.4, 0.5) is 5.69 Å². The number of hydrogen-bond donors (Lipinski definition) is 2. The predicted molar refractivity (Wildman–Crippen MR) is 93.2 cm³/mol. The van der Waals surface area contributed by atoms with Gasteiger partial charge < -0.3 is 15.0 Å². The third-order valence-corrected chi connectivity index (χ3v) is 3.75. The number of carbonyl (C=O) groups excluding carboxylic acids is 2. The first-order valence-corrected chi connectivity index (χ1v) is 7.61. The molecule has 1 aromatic heterocycles. The van der Waals surface area contributed by atoms with Crippen LogP contribution in [0.5, 0.6) is 0 Å². The molecule has 24 heavy (non-hydrogen) atoms. The molecule has 0 fully saturated rings. The van der Waals surface area contributed by atoms with Gasteiger partial charge in [-0.1, -0.05) is 12.1 Å². The van der Waals surface area contributed by atoms with E-state index in [1.807, 2.05) is 25.1 Å². The number of carbonyl (C=O) groups is 2. The molecule has 0 aliphatic rings. The molecule has 2 aromatic carbocycles. The number of aryl methyl sites for hydroxylation is 1. The smallest absolute Gasteiger partial charge is 0.337 e. The molecule has 0 aliphatic carbocycles. The lowest BCUT2D eigenvalue weighted by Gasteiger charge is -2.07. The fourth-order valence-electron chi connectivity index (χ4n) is 2.67. The van der Waals surface area contributed by atoms with Gasteiger partial charge in [0.15, 0.2) is 0 Å². The topological polar surface area (TPSA) is 71.2 Å². The summed E-state index contributed by atoms with van der Waals surface area (Å²) in [5.41, 5.74) is 4.05. The Morgan fingerprint density at radius 1 is 1.12 bits per heavy atom. The molecule has 3 aromatic rings. The normalized spacial score (nSPS) is 10.6. The molecule has 0 bridgehead atoms. The number of esters is 1. The van der Waals surface area contributed by atoms with Crippen LogP contribution in [-0.2, 0) is 16.0 Å². The zero-order valence-corrected chi connectivity index (χ0v) is 13.6. The zero-order valence-electron chi connectivity index (χ0n) is 13.6. The monoisotopic (exact) mass is 322 g/mol. The Bertz CT molecular complexity index is 912. The van der Waals surface area contributed by atoms with E-state index < -0.39 is 5.97 Å². The van der Waals surface area contributed by atoms with Crippen molar-refractivity contribution in [3.05, 3.63) is 65.4 Å². The fourth-order valence-corrected chi connectivity index (χ4v) is 2.67. The second kappa shape index (κ2) is 6.58. The average molecular weight is 322 g/mol. The molecule has 5 heteroatoms. The highest BCUT2D eigenvalue weighted by atomic mass is 16.5. The van der Waals surface area contributed by atoms with Crippen molar-refractivity contribution < 1.29 is 14.3 Å². The lowest BCUT2D eigenvalue weighted by molar-refractivity contribution is -0.115. The van der Waals surface area contributed by atoms with Crippen LogP contribution in [0.25, 0.3) is 10.9 Å². The van der Waals surface area contributed by atoms with Crippen LogP contribution >= 0.6 is 0 Å². The van der Waals surface area contributed by atoms with Crippen molar-refractivity contribution in [1.82, 2.24) is 4.98 Å². The molecule has 0 aliphatic heterocycles. The van der Waals surface area contributed by atoms with Crippen molar-refractivity contribution in [3.8, 4) is 0 Å². The summed E-state index contributed by atoms with van der Waals surface area (Å²) in [7, 11) is 1.33. The lowest BCUT2D eigenvalue weighted by Crippen LogP contribution is -2.14. The third kappa shape index (κ3) is 3.46. The summed E-state index contributed by atoms with van der Waals surface area (Å²) in [6.07, 6.45) is 0.266. The molecule has 1 heterocycles. The second-order valence-corrected chi connectivity index (χ2v) is 5.67. The highest BCUT2D eigenvalue weighted by Gasteiger charge is 2.09. The first-order valence-electron chi connectivity index (χ1n) is 7.61. The van der Waals surface area contributed by atoms with Crippen molar-refractivity contribution in [1.29, 1.82) is 0 Å². The maximum absolute atomic E-state index is 12.2. The van der Waals surface area contributed by atoms with Crippen molar-refractivity contribution >= 4 is 28.5 Å². The van der Waals surface area contributed by atoms with Gasteiger partial charge in [0.1, 0.15) is 0 Å². The number of ether oxygens (including phenoxy) is 1. The largest absolute Gasteiger partial charge is 0.465 e. The van der Waals surface area contributed by atoms with E-state index in [-0.39, 0.29) is 12.3 Å². The molecular weight excluding hydrogens is 304 g/mol. The summed E-state index contributed by atoms with van der Waals surface area (Å²) in [6, 6.07) is 14.6. The standard InChI is InChI=1S/C19H18N2O3/c1-12-8-15-9-13(6-7-17(15)20-12)10-18(22)21-16-5-3-4-14(11-16)19(23)24-2/h3-9,11,20H,10H2,1-2H3,(H,21,22). The Morgan fingerprint density at radius 2 is 1.96 bits per heavy atom. The SMILES string of the molecule is COC(=O)c1cccc(NC(=O)Cc2ccc3[nH]c(C)cc3c2)c1. The number of rotatable bonds is 4. The molecule has 0 atom stereocenters. The summed E-state index contributed by atoms with van der Waals surface area (Å²) < 4.78 is 4.68. The number of H-pyrrole nitrogens is 1. The molecule has 1 amide bonds. The summed E-state index contributed by atoms with van der Waals surface area (Å²) >= 11 is 0. The maximum atomic E-state index is 12.2. The van der Waals surface area contributed by atoms with Gasteiger partial charge in [-0.05, 0) is 54.3 Å². The quantitative estimate of drug-likeness (QED) is 0.723. The van der Waals surface area contributed by atoms with E-state index in [9.17, 15) is 9.59 Å². The Hall–Kier alpha value is -3.08. The predicted octanol–water partition coefficient (Wildman–Crippen LogP) is 3.44. The van der Waals surface area contributed by atoms with Crippen LogP contribution < -0.4 is 5.32 Å². The van der Waals surface area contributed by atoms with E-state index in [0.717, 1.165) is 22.2 Å². The maximum Gasteiger partial charge on any atom is 0.337 e. The highest BCUT2D eigenvalue weighted by molar-refractivity contribution is 5.95. The van der Waals surface area contributed by atoms with Crippen LogP contribution in [0, 0.1) is 6.92 Å². The van der Waals surface area contributed by atoms with Crippen LogP contribution in [0.15, 0.2) is 48.5 Å². The van der Waals surface area contributed by atoms with E-state index in [1.54, 1.807) is 24.3 Å². The van der Waals surface area contributed by atoms with Gasteiger partial charge in [-0.2, -0.15) is 0 Å². The summed E-state index contributed by atoms with van der Waals surface area (Å²) in [5.74, 6) is -0.567. The number of aromatic amines is 1. The molecule has 2 N–H and O–H groups in total. The Labute approximate surface area is 139 Å². The Morgan fingerprint density at radius 3 is 2.75 bits per heavy atom. The molecule has 0 saturated carbocycles. The molecule has 0 saturated heterocycles. The number of benzene rings is 2. The van der Waals surface area contributed by atoms with E-state index in [2.05, 4.69) is 21.1 Å². The average Bonchev–Trinajstić information content (AvgIpc) is 2.93. The van der Waals surface area contributed by atoms with Gasteiger partial charge in [0.25, 0.3) is 0 Å². The molecular formula is C19H18N2O3. The minimum atomic E-state index is -0.431.